The van der Waals surface area contributed by atoms with Crippen LogP contribution in [0.5, 0.6) is 5.75 Å². The molecule has 3 aromatic rings. The smallest absolute Gasteiger partial charge is 0.119 e. The number of hydrogen-bond acceptors (Lipinski definition) is 5. The van der Waals surface area contributed by atoms with Gasteiger partial charge in [-0.25, -0.2) is 0 Å². The summed E-state index contributed by atoms with van der Waals surface area (Å²) in [5, 5.41) is 10.5. The number of ether oxygens (including phenoxy) is 1. The predicted octanol–water partition coefficient (Wildman–Crippen LogP) is 3.23. The van der Waals surface area contributed by atoms with Crippen molar-refractivity contribution < 1.29 is 9.84 Å². The molecule has 2 aromatic heterocycles. The lowest BCUT2D eigenvalue weighted by Gasteiger charge is -2.25. The lowest BCUT2D eigenvalue weighted by atomic mass is 10.2. The van der Waals surface area contributed by atoms with Crippen molar-refractivity contribution in [2.24, 2.45) is 0 Å². The Labute approximate surface area is 160 Å². The normalized spacial score (nSPS) is 12.1. The van der Waals surface area contributed by atoms with Gasteiger partial charge in [-0.05, 0) is 42.3 Å². The highest BCUT2D eigenvalue weighted by Crippen LogP contribution is 2.13. The van der Waals surface area contributed by atoms with Gasteiger partial charge in [0, 0.05) is 44.4 Å². The van der Waals surface area contributed by atoms with Gasteiger partial charge < -0.3 is 9.84 Å². The summed E-state index contributed by atoms with van der Waals surface area (Å²) in [4.78, 5) is 10.5. The molecule has 27 heavy (non-hydrogen) atoms. The first-order chi connectivity index (χ1) is 13.2. The molecule has 0 bridgehead atoms. The molecule has 0 saturated carbocycles. The Morgan fingerprint density at radius 2 is 1.52 bits per heavy atom. The van der Waals surface area contributed by atoms with Crippen molar-refractivity contribution in [1.29, 1.82) is 0 Å². The molecule has 140 valence electrons. The summed E-state index contributed by atoms with van der Waals surface area (Å²) in [6.45, 7) is 4.18. The van der Waals surface area contributed by atoms with Crippen molar-refractivity contribution in [3.05, 3.63) is 90.0 Å². The molecule has 0 amide bonds. The van der Waals surface area contributed by atoms with Gasteiger partial charge >= 0.3 is 0 Å². The number of hydrogen-bond donors (Lipinski definition) is 1. The van der Waals surface area contributed by atoms with Gasteiger partial charge in [0.25, 0.3) is 0 Å². The van der Waals surface area contributed by atoms with Crippen LogP contribution in [0.2, 0.25) is 0 Å². The highest BCUT2D eigenvalue weighted by Gasteiger charge is 2.14. The van der Waals surface area contributed by atoms with Crippen LogP contribution in [0.15, 0.2) is 73.3 Å². The average Bonchev–Trinajstić information content (AvgIpc) is 2.69. The van der Waals surface area contributed by atoms with Crippen LogP contribution in [-0.2, 0) is 13.1 Å². The van der Waals surface area contributed by atoms with E-state index in [1.807, 2.05) is 67.8 Å². The van der Waals surface area contributed by atoms with Crippen LogP contribution in [0.25, 0.3) is 0 Å². The van der Waals surface area contributed by atoms with Crippen molar-refractivity contribution in [2.45, 2.75) is 26.1 Å². The van der Waals surface area contributed by atoms with Crippen LogP contribution in [0.1, 0.15) is 16.7 Å². The van der Waals surface area contributed by atoms with Crippen molar-refractivity contribution in [2.75, 3.05) is 13.2 Å². The van der Waals surface area contributed by atoms with E-state index in [-0.39, 0.29) is 6.61 Å². The summed E-state index contributed by atoms with van der Waals surface area (Å²) in [7, 11) is 0. The fraction of sp³-hybridized carbons (Fsp3) is 0.273. The Balaban J connectivity index is 1.59. The van der Waals surface area contributed by atoms with Gasteiger partial charge in [-0.15, -0.1) is 0 Å². The fourth-order valence-corrected chi connectivity index (χ4v) is 2.86. The van der Waals surface area contributed by atoms with Gasteiger partial charge in [-0.2, -0.15) is 0 Å². The fourth-order valence-electron chi connectivity index (χ4n) is 2.86. The number of aryl methyl sites for hydroxylation is 1. The van der Waals surface area contributed by atoms with Gasteiger partial charge in [0.1, 0.15) is 18.5 Å². The molecule has 1 aromatic carbocycles. The number of aromatic nitrogens is 2. The molecule has 0 radical (unpaired) electrons. The molecule has 1 N–H and O–H groups in total. The maximum atomic E-state index is 10.5. The predicted molar refractivity (Wildman–Crippen MR) is 105 cm³/mol. The highest BCUT2D eigenvalue weighted by atomic mass is 16.5. The Morgan fingerprint density at radius 3 is 2.04 bits per heavy atom. The van der Waals surface area contributed by atoms with Crippen LogP contribution in [-0.4, -0.2) is 39.2 Å². The first kappa shape index (κ1) is 19.0. The number of rotatable bonds is 9. The zero-order chi connectivity index (χ0) is 18.9. The Bertz CT molecular complexity index is 753. The van der Waals surface area contributed by atoms with Crippen LogP contribution in [0, 0.1) is 6.92 Å². The summed E-state index contributed by atoms with van der Waals surface area (Å²) in [5.41, 5.74) is 3.39. The highest BCUT2D eigenvalue weighted by molar-refractivity contribution is 5.26. The van der Waals surface area contributed by atoms with E-state index in [1.54, 1.807) is 12.4 Å². The third-order valence-corrected chi connectivity index (χ3v) is 4.19. The largest absolute Gasteiger partial charge is 0.491 e. The molecule has 1 unspecified atom stereocenters. The van der Waals surface area contributed by atoms with E-state index in [1.165, 1.54) is 5.56 Å². The molecule has 0 saturated heterocycles. The number of pyridine rings is 2. The number of aliphatic hydroxyl groups is 1. The second-order valence-electron chi connectivity index (χ2n) is 6.67. The minimum atomic E-state index is -0.598. The molecule has 0 aliphatic carbocycles. The number of benzene rings is 1. The van der Waals surface area contributed by atoms with E-state index in [9.17, 15) is 5.11 Å². The minimum absolute atomic E-state index is 0.250. The topological polar surface area (TPSA) is 58.5 Å². The second kappa shape index (κ2) is 9.80. The third kappa shape index (κ3) is 6.47. The van der Waals surface area contributed by atoms with Gasteiger partial charge in [0.15, 0.2) is 0 Å². The average molecular weight is 363 g/mol. The summed E-state index contributed by atoms with van der Waals surface area (Å²) in [5.74, 6) is 0.769. The van der Waals surface area contributed by atoms with Crippen LogP contribution >= 0.6 is 0 Å². The van der Waals surface area contributed by atoms with Crippen molar-refractivity contribution in [3.63, 3.8) is 0 Å². The summed E-state index contributed by atoms with van der Waals surface area (Å²) in [6, 6.07) is 15.8. The van der Waals surface area contributed by atoms with Gasteiger partial charge in [0.2, 0.25) is 0 Å². The molecule has 2 heterocycles. The first-order valence-electron chi connectivity index (χ1n) is 9.07. The maximum Gasteiger partial charge on any atom is 0.119 e. The van der Waals surface area contributed by atoms with Gasteiger partial charge in [-0.1, -0.05) is 29.8 Å². The molecular formula is C22H25N3O2. The lowest BCUT2D eigenvalue weighted by Crippen LogP contribution is -2.35. The zero-order valence-corrected chi connectivity index (χ0v) is 15.5. The van der Waals surface area contributed by atoms with Crippen molar-refractivity contribution in [1.82, 2.24) is 14.9 Å². The molecular weight excluding hydrogens is 338 g/mol. The summed E-state index contributed by atoms with van der Waals surface area (Å²) in [6.07, 6.45) is 6.63. The second-order valence-corrected chi connectivity index (χ2v) is 6.67. The molecule has 0 aliphatic heterocycles. The zero-order valence-electron chi connectivity index (χ0n) is 15.5. The van der Waals surface area contributed by atoms with E-state index in [4.69, 9.17) is 4.74 Å². The lowest BCUT2D eigenvalue weighted by molar-refractivity contribution is 0.0628. The Kier molecular flexibility index (Phi) is 6.90. The van der Waals surface area contributed by atoms with Crippen molar-refractivity contribution in [3.8, 4) is 5.75 Å². The van der Waals surface area contributed by atoms with Crippen molar-refractivity contribution >= 4 is 0 Å². The van der Waals surface area contributed by atoms with Gasteiger partial charge in [-0.3, -0.25) is 14.9 Å². The van der Waals surface area contributed by atoms with Crippen LogP contribution in [0.4, 0.5) is 0 Å². The van der Waals surface area contributed by atoms with E-state index < -0.39 is 6.10 Å². The molecule has 3 rings (SSSR count). The van der Waals surface area contributed by atoms with E-state index in [0.29, 0.717) is 19.6 Å². The third-order valence-electron chi connectivity index (χ3n) is 4.19. The summed E-state index contributed by atoms with van der Waals surface area (Å²) >= 11 is 0. The standard InChI is InChI=1S/C22H25N3O2/c1-18-6-8-22(9-7-18)27-17-21(26)16-25(14-19-4-2-10-23-12-19)15-20-5-3-11-24-13-20/h2-13,21,26H,14-17H2,1H3. The van der Waals surface area contributed by atoms with Crippen LogP contribution in [0.3, 0.4) is 0 Å². The summed E-state index contributed by atoms with van der Waals surface area (Å²) < 4.78 is 5.72. The molecule has 0 fully saturated rings. The Morgan fingerprint density at radius 1 is 0.926 bits per heavy atom. The van der Waals surface area contributed by atoms with Crippen LogP contribution < -0.4 is 4.74 Å². The van der Waals surface area contributed by atoms with Gasteiger partial charge in [0.05, 0.1) is 0 Å². The maximum absolute atomic E-state index is 10.5. The van der Waals surface area contributed by atoms with E-state index >= 15 is 0 Å². The molecule has 1 atom stereocenters. The van der Waals surface area contributed by atoms with E-state index in [0.717, 1.165) is 16.9 Å². The van der Waals surface area contributed by atoms with E-state index in [2.05, 4.69) is 14.9 Å². The number of aliphatic hydroxyl groups excluding tert-OH is 1. The SMILES string of the molecule is Cc1ccc(OCC(O)CN(Cc2cccnc2)Cc2cccnc2)cc1. The molecule has 0 spiro atoms. The molecule has 5 heteroatoms. The monoisotopic (exact) mass is 363 g/mol. The Hall–Kier alpha value is -2.76. The minimum Gasteiger partial charge on any atom is -0.491 e. The number of nitrogens with zero attached hydrogens (tertiary/aromatic N) is 3. The molecule has 0 aliphatic rings. The molecule has 5 nitrogen and oxygen atoms in total. The first-order valence-corrected chi connectivity index (χ1v) is 9.07. The quantitative estimate of drug-likeness (QED) is 0.632.